The second-order valence-electron chi connectivity index (χ2n) is 21.3. The van der Waals surface area contributed by atoms with Crippen LogP contribution in [0.15, 0.2) is 48.5 Å². The lowest BCUT2D eigenvalue weighted by atomic mass is 9.79. The highest BCUT2D eigenvalue weighted by Gasteiger charge is 2.30. The molecule has 0 unspecified atom stereocenters. The van der Waals surface area contributed by atoms with Crippen LogP contribution in [0.4, 0.5) is 0 Å². The summed E-state index contributed by atoms with van der Waals surface area (Å²) in [6.07, 6.45) is -0.682. The van der Waals surface area contributed by atoms with Gasteiger partial charge in [-0.3, -0.25) is 0 Å². The van der Waals surface area contributed by atoms with Gasteiger partial charge < -0.3 is 29.2 Å². The van der Waals surface area contributed by atoms with E-state index in [9.17, 15) is 19.8 Å². The van der Waals surface area contributed by atoms with Gasteiger partial charge >= 0.3 is 11.9 Å². The maximum absolute atomic E-state index is 13.2. The molecule has 336 valence electrons. The Balaban J connectivity index is 1.96. The van der Waals surface area contributed by atoms with Gasteiger partial charge in [0.05, 0.1) is 13.2 Å². The monoisotopic (exact) mass is 849 g/mol. The number of hydrogen-bond donors (Lipinski definition) is 2. The van der Waals surface area contributed by atoms with Gasteiger partial charge in [-0.25, -0.2) is 9.59 Å². The quantitative estimate of drug-likeness (QED) is 0.149. The molecule has 62 heavy (non-hydrogen) atoms. The summed E-state index contributed by atoms with van der Waals surface area (Å²) in [6.45, 7) is 33.3. The lowest BCUT2D eigenvalue weighted by molar-refractivity contribution is -0.151. The van der Waals surface area contributed by atoms with E-state index in [0.29, 0.717) is 59.4 Å². The van der Waals surface area contributed by atoms with Gasteiger partial charge in [0.2, 0.25) is 0 Å². The first-order chi connectivity index (χ1) is 28.6. The van der Waals surface area contributed by atoms with Crippen molar-refractivity contribution in [3.63, 3.8) is 0 Å². The molecule has 5 rings (SSSR count). The fraction of sp³-hybridized carbons (Fsp3) is 0.519. The number of ether oxygens (including phenoxy) is 4. The van der Waals surface area contributed by atoms with Crippen LogP contribution in [-0.2, 0) is 66.4 Å². The average molecular weight is 849 g/mol. The maximum atomic E-state index is 13.2. The Kier molecular flexibility index (Phi) is 14.0. The fourth-order valence-corrected chi connectivity index (χ4v) is 7.92. The van der Waals surface area contributed by atoms with Gasteiger partial charge in [0, 0.05) is 25.7 Å². The van der Waals surface area contributed by atoms with E-state index < -0.39 is 24.1 Å². The van der Waals surface area contributed by atoms with Gasteiger partial charge in [0.1, 0.15) is 23.0 Å². The number of carbonyl (C=O) groups excluding carboxylic acids is 2. The van der Waals surface area contributed by atoms with Crippen molar-refractivity contribution in [1.29, 1.82) is 0 Å². The van der Waals surface area contributed by atoms with Crippen LogP contribution in [0, 0.1) is 0 Å². The number of phenols is 2. The Bertz CT molecular complexity index is 2050. The van der Waals surface area contributed by atoms with E-state index in [-0.39, 0.29) is 46.4 Å². The van der Waals surface area contributed by atoms with Crippen LogP contribution in [0.1, 0.15) is 178 Å². The molecular formula is C54H72O8. The Hall–Kier alpha value is -4.98. The van der Waals surface area contributed by atoms with Crippen molar-refractivity contribution in [2.24, 2.45) is 0 Å². The summed E-state index contributed by atoms with van der Waals surface area (Å²) in [5.41, 5.74) is 9.13. The SMILES string of the molecule is CCOC(=O)[C@@H](C)Oc1c2cc(C(C)(C)C)cc1Cc1cc(C(C)(C)C)cc(c1O)Cc1cc(C(C)(C)C)cc(c1O[C@H](C)C(=O)OCC)Cc1cc(C(C)(C)C)cc(c1O)C2. The molecule has 8 nitrogen and oxygen atoms in total. The first kappa shape index (κ1) is 48.1. The predicted octanol–water partition coefficient (Wildman–Crippen LogP) is 11.6. The van der Waals surface area contributed by atoms with Crippen molar-refractivity contribution >= 4 is 11.9 Å². The van der Waals surface area contributed by atoms with E-state index in [0.717, 1.165) is 44.5 Å². The van der Waals surface area contributed by atoms with Gasteiger partial charge in [0.15, 0.2) is 12.2 Å². The molecule has 8 heteroatoms. The minimum Gasteiger partial charge on any atom is -0.507 e. The zero-order valence-corrected chi connectivity index (χ0v) is 40.4. The molecule has 4 aromatic rings. The number of esters is 2. The van der Waals surface area contributed by atoms with E-state index in [2.05, 4.69) is 132 Å². The molecule has 0 fully saturated rings. The molecule has 0 spiro atoms. The number of rotatable bonds is 8. The Morgan fingerprint density at radius 3 is 0.855 bits per heavy atom. The summed E-state index contributed by atoms with van der Waals surface area (Å²) in [5.74, 6) is 0.413. The first-order valence-corrected chi connectivity index (χ1v) is 22.3. The van der Waals surface area contributed by atoms with E-state index >= 15 is 0 Å². The molecule has 0 aromatic heterocycles. The van der Waals surface area contributed by atoms with Crippen LogP contribution in [-0.4, -0.2) is 47.6 Å². The third-order valence-electron chi connectivity index (χ3n) is 11.8. The second kappa shape index (κ2) is 18.0. The molecule has 1 aliphatic rings. The standard InChI is InChI=1S/C54H72O8/c1-17-59-49(57)31(3)61-47-37-19-33-23-41(51(5,6)7)25-35(45(33)55)21-39-29-44(54(14,15)16)30-40(48(39)62-32(4)50(58)60-18-2)22-36-26-42(52(8,9)10)24-34(46(36)56)20-38(47)28-43(27-37)53(11,12)13/h23-32,55-56H,17-22H2,1-16H3/t31-,32-/m1/s1. The summed E-state index contributed by atoms with van der Waals surface area (Å²) in [4.78, 5) is 26.4. The number of fused-ring (bicyclic) bond motifs is 8. The van der Waals surface area contributed by atoms with E-state index in [1.807, 2.05) is 0 Å². The van der Waals surface area contributed by atoms with Crippen LogP contribution in [0.25, 0.3) is 0 Å². The minimum absolute atomic E-state index is 0.155. The lowest BCUT2D eigenvalue weighted by Gasteiger charge is -2.29. The van der Waals surface area contributed by atoms with Gasteiger partial charge in [-0.2, -0.15) is 0 Å². The summed E-state index contributed by atoms with van der Waals surface area (Å²) in [7, 11) is 0. The summed E-state index contributed by atoms with van der Waals surface area (Å²) in [6, 6.07) is 16.8. The van der Waals surface area contributed by atoms with Crippen molar-refractivity contribution in [1.82, 2.24) is 0 Å². The molecule has 2 atom stereocenters. The van der Waals surface area contributed by atoms with Crippen molar-refractivity contribution in [3.8, 4) is 23.0 Å². The number of phenolic OH excluding ortho intramolecular Hbond substituents is 2. The molecular weight excluding hydrogens is 777 g/mol. The summed E-state index contributed by atoms with van der Waals surface area (Å²) < 4.78 is 24.2. The molecule has 4 aromatic carbocycles. The van der Waals surface area contributed by atoms with Crippen LogP contribution in [0.5, 0.6) is 23.0 Å². The molecule has 0 saturated heterocycles. The third-order valence-corrected chi connectivity index (χ3v) is 11.8. The highest BCUT2D eigenvalue weighted by atomic mass is 16.6. The highest BCUT2D eigenvalue weighted by molar-refractivity contribution is 5.75. The van der Waals surface area contributed by atoms with Crippen molar-refractivity contribution < 1.29 is 38.7 Å². The number of benzene rings is 4. The Morgan fingerprint density at radius 2 is 0.661 bits per heavy atom. The normalized spacial score (nSPS) is 14.5. The smallest absolute Gasteiger partial charge is 0.347 e. The van der Waals surface area contributed by atoms with Crippen LogP contribution < -0.4 is 9.47 Å². The minimum atomic E-state index is -0.925. The molecule has 0 amide bonds. The van der Waals surface area contributed by atoms with Crippen molar-refractivity contribution in [3.05, 3.63) is 115 Å². The molecule has 0 aliphatic heterocycles. The van der Waals surface area contributed by atoms with Crippen LogP contribution >= 0.6 is 0 Å². The lowest BCUT2D eigenvalue weighted by Crippen LogP contribution is -2.27. The maximum Gasteiger partial charge on any atom is 0.347 e. The number of aromatic hydroxyl groups is 2. The fourth-order valence-electron chi connectivity index (χ4n) is 7.92. The van der Waals surface area contributed by atoms with Gasteiger partial charge in [-0.1, -0.05) is 132 Å². The van der Waals surface area contributed by atoms with Gasteiger partial charge in [-0.15, -0.1) is 0 Å². The number of carbonyl (C=O) groups is 2. The number of hydrogen-bond acceptors (Lipinski definition) is 8. The molecule has 8 bridgehead atoms. The van der Waals surface area contributed by atoms with Crippen molar-refractivity contribution in [2.75, 3.05) is 13.2 Å². The van der Waals surface area contributed by atoms with Crippen LogP contribution in [0.2, 0.25) is 0 Å². The van der Waals surface area contributed by atoms with Gasteiger partial charge in [-0.05, 0) is 116 Å². The topological polar surface area (TPSA) is 112 Å². The largest absolute Gasteiger partial charge is 0.507 e. The zero-order chi connectivity index (χ0) is 46.3. The van der Waals surface area contributed by atoms with E-state index in [1.54, 1.807) is 27.7 Å². The summed E-state index contributed by atoms with van der Waals surface area (Å²) >= 11 is 0. The second-order valence-corrected chi connectivity index (χ2v) is 21.3. The Morgan fingerprint density at radius 1 is 0.452 bits per heavy atom. The molecule has 1 aliphatic carbocycles. The molecule has 0 saturated carbocycles. The predicted molar refractivity (Wildman–Crippen MR) is 249 cm³/mol. The first-order valence-electron chi connectivity index (χ1n) is 22.3. The molecule has 2 N–H and O–H groups in total. The molecule has 0 heterocycles. The Labute approximate surface area is 371 Å². The average Bonchev–Trinajstić information content (AvgIpc) is 3.14. The highest BCUT2D eigenvalue weighted by Crippen LogP contribution is 2.44. The summed E-state index contributed by atoms with van der Waals surface area (Å²) in [5, 5.41) is 25.0. The third kappa shape index (κ3) is 11.0. The molecule has 0 radical (unpaired) electrons. The zero-order valence-electron chi connectivity index (χ0n) is 40.4. The van der Waals surface area contributed by atoms with E-state index in [4.69, 9.17) is 18.9 Å². The van der Waals surface area contributed by atoms with Gasteiger partial charge in [0.25, 0.3) is 0 Å². The van der Waals surface area contributed by atoms with E-state index in [1.165, 1.54) is 0 Å². The van der Waals surface area contributed by atoms with Crippen molar-refractivity contribution in [2.45, 2.75) is 170 Å². The van der Waals surface area contributed by atoms with Crippen LogP contribution in [0.3, 0.4) is 0 Å².